The first-order valence-corrected chi connectivity index (χ1v) is 8.75. The van der Waals surface area contributed by atoms with E-state index in [0.717, 1.165) is 5.56 Å². The minimum atomic E-state index is -4.64. The fraction of sp³-hybridized carbons (Fsp3) is 0.118. The van der Waals surface area contributed by atoms with Crippen molar-refractivity contribution in [2.45, 2.75) is 18.0 Å². The van der Waals surface area contributed by atoms with Crippen molar-refractivity contribution in [1.29, 1.82) is 0 Å². The monoisotopic (exact) mass is 422 g/mol. The second-order valence-corrected chi connectivity index (χ2v) is 6.89. The number of rotatable bonds is 3. The first-order valence-electron chi connectivity index (χ1n) is 7.30. The molecule has 1 N–H and O–H groups in total. The second-order valence-electron chi connectivity index (χ2n) is 5.54. The predicted molar refractivity (Wildman–Crippen MR) is 91.4 cm³/mol. The molecule has 0 saturated heterocycles. The van der Waals surface area contributed by atoms with Gasteiger partial charge in [-0.15, -0.1) is 0 Å². The molecule has 27 heavy (non-hydrogen) atoms. The van der Waals surface area contributed by atoms with Gasteiger partial charge < -0.3 is 4.55 Å². The number of aromatic nitrogens is 2. The standard InChI is InChI=1S/C17H12ClF3N2O2S.Na/c1-9-2-3-11(8-13(9)18)14-15(22-23-16(14)17(19,20)21)10-4-6-12(7-5-10)26(24)25;/h2-8H,1H3,(H,22,23)(H,24,25);/q;+1/p-1. The Morgan fingerprint density at radius 3 is 2.22 bits per heavy atom. The summed E-state index contributed by atoms with van der Waals surface area (Å²) in [4.78, 5) is 0.0280. The molecule has 3 aromatic rings. The van der Waals surface area contributed by atoms with Crippen LogP contribution in [0.5, 0.6) is 0 Å². The average molecular weight is 423 g/mol. The number of aryl methyl sites for hydroxylation is 1. The summed E-state index contributed by atoms with van der Waals surface area (Å²) in [7, 11) is 0. The Morgan fingerprint density at radius 2 is 1.70 bits per heavy atom. The van der Waals surface area contributed by atoms with Crippen LogP contribution in [0.2, 0.25) is 5.02 Å². The number of H-pyrrole nitrogens is 1. The molecule has 1 heterocycles. The minimum Gasteiger partial charge on any atom is -0.768 e. The normalized spacial score (nSPS) is 12.5. The summed E-state index contributed by atoms with van der Waals surface area (Å²) < 4.78 is 62.2. The summed E-state index contributed by atoms with van der Waals surface area (Å²) in [5, 5.41) is 6.19. The van der Waals surface area contributed by atoms with E-state index >= 15 is 0 Å². The van der Waals surface area contributed by atoms with Crippen molar-refractivity contribution in [2.24, 2.45) is 0 Å². The van der Waals surface area contributed by atoms with E-state index in [9.17, 15) is 21.9 Å². The van der Waals surface area contributed by atoms with Crippen LogP contribution in [0.1, 0.15) is 11.3 Å². The number of aromatic amines is 1. The Balaban J connectivity index is 0.00000261. The zero-order valence-electron chi connectivity index (χ0n) is 14.2. The van der Waals surface area contributed by atoms with Crippen molar-refractivity contribution in [3.8, 4) is 22.4 Å². The van der Waals surface area contributed by atoms with E-state index in [4.69, 9.17) is 11.6 Å². The molecule has 0 aliphatic carbocycles. The van der Waals surface area contributed by atoms with Crippen LogP contribution in [0, 0.1) is 6.92 Å². The Hall–Kier alpha value is -1.16. The van der Waals surface area contributed by atoms with Crippen LogP contribution < -0.4 is 29.6 Å². The molecule has 0 saturated carbocycles. The van der Waals surface area contributed by atoms with Crippen LogP contribution in [-0.2, 0) is 17.3 Å². The van der Waals surface area contributed by atoms with Crippen molar-refractivity contribution < 1.29 is 51.5 Å². The van der Waals surface area contributed by atoms with Crippen molar-refractivity contribution >= 4 is 22.7 Å². The number of nitrogens with one attached hydrogen (secondary N) is 1. The van der Waals surface area contributed by atoms with Crippen molar-refractivity contribution in [1.82, 2.24) is 10.2 Å². The molecule has 0 bridgehead atoms. The maximum atomic E-state index is 13.4. The van der Waals surface area contributed by atoms with Gasteiger partial charge in [-0.05, 0) is 47.3 Å². The molecule has 0 fully saturated rings. The van der Waals surface area contributed by atoms with Gasteiger partial charge in [-0.25, -0.2) is 0 Å². The van der Waals surface area contributed by atoms with Crippen LogP contribution in [0.3, 0.4) is 0 Å². The third-order valence-electron chi connectivity index (χ3n) is 3.83. The van der Waals surface area contributed by atoms with E-state index in [-0.39, 0.29) is 51.3 Å². The minimum absolute atomic E-state index is 0. The first-order chi connectivity index (χ1) is 12.2. The van der Waals surface area contributed by atoms with Gasteiger partial charge in [0.25, 0.3) is 0 Å². The Morgan fingerprint density at radius 1 is 1.11 bits per heavy atom. The number of nitrogens with zero attached hydrogens (tertiary/aromatic N) is 1. The number of halogens is 4. The number of benzene rings is 2. The molecule has 10 heteroatoms. The van der Waals surface area contributed by atoms with Gasteiger partial charge in [0.1, 0.15) is 11.4 Å². The fourth-order valence-corrected chi connectivity index (χ4v) is 3.05. The van der Waals surface area contributed by atoms with Gasteiger partial charge in [0.2, 0.25) is 0 Å². The van der Waals surface area contributed by atoms with Gasteiger partial charge in [0, 0.05) is 21.0 Å². The number of hydrogen-bond donors (Lipinski definition) is 1. The molecule has 1 unspecified atom stereocenters. The molecular formula is C17H11ClF3N2NaO2S. The maximum Gasteiger partial charge on any atom is 1.00 e. The third-order valence-corrected chi connectivity index (χ3v) is 4.89. The largest absolute Gasteiger partial charge is 1.00 e. The van der Waals surface area contributed by atoms with Crippen molar-refractivity contribution in [3.63, 3.8) is 0 Å². The number of hydrogen-bond acceptors (Lipinski definition) is 3. The molecule has 3 rings (SSSR count). The molecule has 2 aromatic carbocycles. The molecule has 136 valence electrons. The van der Waals surface area contributed by atoms with E-state index in [0.29, 0.717) is 10.6 Å². The molecule has 0 amide bonds. The first kappa shape index (κ1) is 22.1. The van der Waals surface area contributed by atoms with E-state index in [1.165, 1.54) is 36.4 Å². The molecule has 0 spiro atoms. The van der Waals surface area contributed by atoms with Gasteiger partial charge in [-0.3, -0.25) is 9.31 Å². The number of alkyl halides is 3. The topological polar surface area (TPSA) is 68.8 Å². The van der Waals surface area contributed by atoms with Crippen LogP contribution in [0.4, 0.5) is 13.2 Å². The smallest absolute Gasteiger partial charge is 0.768 e. The SMILES string of the molecule is Cc1ccc(-c2c(-c3ccc(S(=O)[O-])cc3)n[nH]c2C(F)(F)F)cc1Cl.[Na+]. The van der Waals surface area contributed by atoms with Gasteiger partial charge in [0.15, 0.2) is 0 Å². The summed E-state index contributed by atoms with van der Waals surface area (Å²) >= 11 is 3.65. The summed E-state index contributed by atoms with van der Waals surface area (Å²) in [6, 6.07) is 10.0. The van der Waals surface area contributed by atoms with E-state index in [1.807, 2.05) is 5.10 Å². The summed E-state index contributed by atoms with van der Waals surface area (Å²) in [6.07, 6.45) is -4.64. The van der Waals surface area contributed by atoms with Gasteiger partial charge in [-0.1, -0.05) is 35.9 Å². The molecule has 0 aliphatic heterocycles. The third kappa shape index (κ3) is 4.64. The van der Waals surface area contributed by atoms with E-state index in [2.05, 4.69) is 5.10 Å². The Bertz CT molecular complexity index is 991. The van der Waals surface area contributed by atoms with Crippen LogP contribution in [0.15, 0.2) is 47.4 Å². The van der Waals surface area contributed by atoms with Gasteiger partial charge in [-0.2, -0.15) is 18.3 Å². The Kier molecular flexibility index (Phi) is 6.94. The molecule has 0 aliphatic rings. The van der Waals surface area contributed by atoms with Crippen molar-refractivity contribution in [3.05, 3.63) is 58.7 Å². The molecule has 0 radical (unpaired) electrons. The van der Waals surface area contributed by atoms with Gasteiger partial charge in [0.05, 0.1) is 0 Å². The van der Waals surface area contributed by atoms with E-state index < -0.39 is 23.0 Å². The average Bonchev–Trinajstić information content (AvgIpc) is 3.02. The Labute approximate surface area is 182 Å². The molecule has 1 atom stereocenters. The predicted octanol–water partition coefficient (Wildman–Crippen LogP) is 1.97. The summed E-state index contributed by atoms with van der Waals surface area (Å²) in [6.45, 7) is 1.74. The van der Waals surface area contributed by atoms with Crippen molar-refractivity contribution in [2.75, 3.05) is 0 Å². The zero-order chi connectivity index (χ0) is 19.1. The van der Waals surface area contributed by atoms with Crippen LogP contribution >= 0.6 is 11.6 Å². The molecule has 4 nitrogen and oxygen atoms in total. The quantitative estimate of drug-likeness (QED) is 0.518. The van der Waals surface area contributed by atoms with Gasteiger partial charge >= 0.3 is 35.7 Å². The summed E-state index contributed by atoms with van der Waals surface area (Å²) in [5.41, 5.74) is 0.252. The van der Waals surface area contributed by atoms with Crippen LogP contribution in [-0.4, -0.2) is 19.0 Å². The fourth-order valence-electron chi connectivity index (χ4n) is 2.51. The van der Waals surface area contributed by atoms with E-state index in [1.54, 1.807) is 13.0 Å². The molecule has 1 aromatic heterocycles. The molecular weight excluding hydrogens is 412 g/mol. The summed E-state index contributed by atoms with van der Waals surface area (Å²) in [5.74, 6) is 0. The maximum absolute atomic E-state index is 13.4. The zero-order valence-corrected chi connectivity index (χ0v) is 17.8. The second kappa shape index (κ2) is 8.46. The van der Waals surface area contributed by atoms with Crippen LogP contribution in [0.25, 0.3) is 22.4 Å².